The molecule has 0 unspecified atom stereocenters. The van der Waals surface area contributed by atoms with Crippen LogP contribution >= 0.6 is 11.8 Å². The maximum absolute atomic E-state index is 12.7. The number of carbonyl (C=O) groups is 3. The van der Waals surface area contributed by atoms with Gasteiger partial charge in [-0.05, 0) is 43.0 Å². The number of benzene rings is 2. The molecular weight excluding hydrogens is 422 g/mol. The van der Waals surface area contributed by atoms with Gasteiger partial charge in [-0.1, -0.05) is 29.8 Å². The minimum Gasteiger partial charge on any atom is -0.493 e. The van der Waals surface area contributed by atoms with Crippen molar-refractivity contribution in [3.8, 4) is 17.2 Å². The summed E-state index contributed by atoms with van der Waals surface area (Å²) in [6.07, 6.45) is 1.49. The van der Waals surface area contributed by atoms with Gasteiger partial charge >= 0.3 is 5.97 Å². The Labute approximate surface area is 183 Å². The number of carbonyl (C=O) groups excluding carboxylic acids is 2. The average molecular weight is 443 g/mol. The normalized spacial score (nSPS) is 14.8. The van der Waals surface area contributed by atoms with Crippen LogP contribution in [0.3, 0.4) is 0 Å². The lowest BCUT2D eigenvalue weighted by Gasteiger charge is -2.13. The van der Waals surface area contributed by atoms with Crippen molar-refractivity contribution in [2.75, 3.05) is 26.9 Å². The molecule has 0 saturated carbocycles. The molecule has 0 spiro atoms. The van der Waals surface area contributed by atoms with E-state index in [9.17, 15) is 14.4 Å². The third-order valence-electron chi connectivity index (χ3n) is 4.33. The Hall–Kier alpha value is -3.46. The Morgan fingerprint density at radius 3 is 2.55 bits per heavy atom. The molecule has 1 fully saturated rings. The van der Waals surface area contributed by atoms with E-state index in [0.29, 0.717) is 17.1 Å². The second kappa shape index (κ2) is 10.0. The number of rotatable bonds is 9. The summed E-state index contributed by atoms with van der Waals surface area (Å²) in [6, 6.07) is 12.4. The van der Waals surface area contributed by atoms with Crippen LogP contribution in [0, 0.1) is 6.92 Å². The Kier molecular flexibility index (Phi) is 7.19. The molecule has 162 valence electrons. The van der Waals surface area contributed by atoms with E-state index >= 15 is 0 Å². The van der Waals surface area contributed by atoms with E-state index in [-0.39, 0.29) is 23.8 Å². The SMILES string of the molecule is COc1cccc(/C=C2\SC(=O)N(CCOc3ccc(C)cc3)C2=O)c1OCC(=O)O. The lowest BCUT2D eigenvalue weighted by atomic mass is 10.1. The van der Waals surface area contributed by atoms with E-state index in [2.05, 4.69) is 0 Å². The number of hydrogen-bond donors (Lipinski definition) is 1. The average Bonchev–Trinajstić information content (AvgIpc) is 3.01. The molecule has 3 rings (SSSR count). The molecule has 0 aliphatic carbocycles. The van der Waals surface area contributed by atoms with Gasteiger partial charge in [-0.2, -0.15) is 0 Å². The van der Waals surface area contributed by atoms with Gasteiger partial charge in [0.25, 0.3) is 11.1 Å². The molecule has 9 heteroatoms. The second-order valence-corrected chi connectivity index (χ2v) is 7.55. The number of ether oxygens (including phenoxy) is 3. The topological polar surface area (TPSA) is 102 Å². The molecular formula is C22H21NO7S. The summed E-state index contributed by atoms with van der Waals surface area (Å²) < 4.78 is 16.2. The van der Waals surface area contributed by atoms with Gasteiger partial charge in [0.2, 0.25) is 0 Å². The van der Waals surface area contributed by atoms with Gasteiger partial charge in [-0.3, -0.25) is 14.5 Å². The van der Waals surface area contributed by atoms with E-state index in [4.69, 9.17) is 19.3 Å². The number of aryl methyl sites for hydroxylation is 1. The molecule has 2 amide bonds. The molecule has 1 heterocycles. The number of imide groups is 1. The Balaban J connectivity index is 1.72. The highest BCUT2D eigenvalue weighted by atomic mass is 32.2. The van der Waals surface area contributed by atoms with Crippen molar-refractivity contribution in [1.82, 2.24) is 4.90 Å². The summed E-state index contributed by atoms with van der Waals surface area (Å²) in [4.78, 5) is 37.3. The zero-order valence-corrected chi connectivity index (χ0v) is 17.8. The first-order chi connectivity index (χ1) is 14.9. The van der Waals surface area contributed by atoms with Crippen molar-refractivity contribution in [3.05, 3.63) is 58.5 Å². The lowest BCUT2D eigenvalue weighted by molar-refractivity contribution is -0.139. The Morgan fingerprint density at radius 2 is 1.87 bits per heavy atom. The molecule has 0 aromatic heterocycles. The van der Waals surface area contributed by atoms with Crippen LogP contribution in [0.5, 0.6) is 17.2 Å². The first-order valence-electron chi connectivity index (χ1n) is 9.35. The molecule has 0 bridgehead atoms. The molecule has 31 heavy (non-hydrogen) atoms. The number of para-hydroxylation sites is 1. The number of thioether (sulfide) groups is 1. The lowest BCUT2D eigenvalue weighted by Crippen LogP contribution is -2.32. The van der Waals surface area contributed by atoms with E-state index in [1.165, 1.54) is 13.2 Å². The molecule has 2 aromatic rings. The maximum Gasteiger partial charge on any atom is 0.341 e. The first-order valence-corrected chi connectivity index (χ1v) is 10.2. The number of nitrogens with zero attached hydrogens (tertiary/aromatic N) is 1. The van der Waals surface area contributed by atoms with Gasteiger partial charge < -0.3 is 19.3 Å². The van der Waals surface area contributed by atoms with E-state index in [1.54, 1.807) is 18.2 Å². The third-order valence-corrected chi connectivity index (χ3v) is 5.24. The van der Waals surface area contributed by atoms with E-state index < -0.39 is 23.7 Å². The minimum atomic E-state index is -1.15. The van der Waals surface area contributed by atoms with Crippen LogP contribution in [-0.4, -0.2) is 54.0 Å². The third kappa shape index (κ3) is 5.58. The van der Waals surface area contributed by atoms with Crippen molar-refractivity contribution in [3.63, 3.8) is 0 Å². The van der Waals surface area contributed by atoms with Crippen molar-refractivity contribution < 1.29 is 33.7 Å². The van der Waals surface area contributed by atoms with Crippen LogP contribution in [0.25, 0.3) is 6.08 Å². The van der Waals surface area contributed by atoms with Gasteiger partial charge in [0.1, 0.15) is 12.4 Å². The Morgan fingerprint density at radius 1 is 1.13 bits per heavy atom. The summed E-state index contributed by atoms with van der Waals surface area (Å²) in [5.41, 5.74) is 1.54. The molecule has 1 saturated heterocycles. The number of carboxylic acid groups (broad SMARTS) is 1. The van der Waals surface area contributed by atoms with Crippen LogP contribution in [0.2, 0.25) is 0 Å². The van der Waals surface area contributed by atoms with Gasteiger partial charge in [-0.25, -0.2) is 4.79 Å². The van der Waals surface area contributed by atoms with E-state index in [0.717, 1.165) is 22.2 Å². The van der Waals surface area contributed by atoms with Gasteiger partial charge in [0, 0.05) is 5.56 Å². The second-order valence-electron chi connectivity index (χ2n) is 6.56. The molecule has 8 nitrogen and oxygen atoms in total. The van der Waals surface area contributed by atoms with Crippen LogP contribution in [-0.2, 0) is 9.59 Å². The largest absolute Gasteiger partial charge is 0.493 e. The van der Waals surface area contributed by atoms with Crippen LogP contribution < -0.4 is 14.2 Å². The molecule has 2 aromatic carbocycles. The molecule has 0 radical (unpaired) electrons. The summed E-state index contributed by atoms with van der Waals surface area (Å²) >= 11 is 0.802. The summed E-state index contributed by atoms with van der Waals surface area (Å²) in [5.74, 6) is -0.437. The zero-order chi connectivity index (χ0) is 22.4. The number of carboxylic acids is 1. The van der Waals surface area contributed by atoms with Crippen molar-refractivity contribution in [1.29, 1.82) is 0 Å². The number of amides is 2. The molecule has 1 N–H and O–H groups in total. The molecule has 0 atom stereocenters. The number of aliphatic carboxylic acids is 1. The molecule has 1 aliphatic heterocycles. The van der Waals surface area contributed by atoms with Crippen molar-refractivity contribution >= 4 is 35.0 Å². The van der Waals surface area contributed by atoms with E-state index in [1.807, 2.05) is 31.2 Å². The number of methoxy groups -OCH3 is 1. The fraction of sp³-hybridized carbons (Fsp3) is 0.227. The number of hydrogen-bond acceptors (Lipinski definition) is 7. The fourth-order valence-corrected chi connectivity index (χ4v) is 3.67. The monoisotopic (exact) mass is 443 g/mol. The summed E-state index contributed by atoms with van der Waals surface area (Å²) in [5, 5.41) is 8.50. The predicted octanol–water partition coefficient (Wildman–Crippen LogP) is 3.58. The standard InChI is InChI=1S/C22H21NO7S/c1-14-6-8-16(9-7-14)29-11-10-23-21(26)18(31-22(23)27)12-15-4-3-5-17(28-2)20(15)30-13-19(24)25/h3-9,12H,10-11,13H2,1-2H3,(H,24,25)/b18-12-. The highest BCUT2D eigenvalue weighted by molar-refractivity contribution is 8.18. The Bertz CT molecular complexity index is 1020. The smallest absolute Gasteiger partial charge is 0.341 e. The van der Waals surface area contributed by atoms with Gasteiger partial charge in [0.15, 0.2) is 18.1 Å². The van der Waals surface area contributed by atoms with Crippen molar-refractivity contribution in [2.45, 2.75) is 6.92 Å². The highest BCUT2D eigenvalue weighted by Gasteiger charge is 2.35. The van der Waals surface area contributed by atoms with Crippen LogP contribution in [0.15, 0.2) is 47.4 Å². The summed E-state index contributed by atoms with van der Waals surface area (Å²) in [6.45, 7) is 1.67. The van der Waals surface area contributed by atoms with Gasteiger partial charge in [-0.15, -0.1) is 0 Å². The zero-order valence-electron chi connectivity index (χ0n) is 17.0. The quantitative estimate of drug-likeness (QED) is 0.587. The highest BCUT2D eigenvalue weighted by Crippen LogP contribution is 2.37. The minimum absolute atomic E-state index is 0.108. The maximum atomic E-state index is 12.7. The van der Waals surface area contributed by atoms with Crippen LogP contribution in [0.1, 0.15) is 11.1 Å². The summed E-state index contributed by atoms with van der Waals surface area (Å²) in [7, 11) is 1.43. The van der Waals surface area contributed by atoms with Gasteiger partial charge in [0.05, 0.1) is 18.6 Å². The molecule has 1 aliphatic rings. The predicted molar refractivity (Wildman–Crippen MR) is 115 cm³/mol. The first kappa shape index (κ1) is 22.2. The fourth-order valence-electron chi connectivity index (χ4n) is 2.82. The van der Waals surface area contributed by atoms with Crippen molar-refractivity contribution in [2.24, 2.45) is 0 Å². The van der Waals surface area contributed by atoms with Crippen LogP contribution in [0.4, 0.5) is 4.79 Å².